The number of fused-ring (bicyclic) bond motifs is 4. The summed E-state index contributed by atoms with van der Waals surface area (Å²) in [6.07, 6.45) is 0.447. The average molecular weight is 357 g/mol. The molecule has 0 N–H and O–H groups in total. The zero-order chi connectivity index (χ0) is 17.8. The molecule has 130 valence electrons. The molecule has 0 aliphatic carbocycles. The number of carbonyl (C=O) groups is 1. The Morgan fingerprint density at radius 2 is 1.72 bits per heavy atom. The number of nitrogens with zero attached hydrogens (tertiary/aromatic N) is 1. The molecule has 2 heterocycles. The molecule has 4 rings (SSSR count). The number of hydrogen-bond donors (Lipinski definition) is 0. The van der Waals surface area contributed by atoms with Crippen LogP contribution in [0.4, 0.5) is 0 Å². The fourth-order valence-corrected chi connectivity index (χ4v) is 5.78. The number of hydrogen-bond acceptors (Lipinski definition) is 4. The van der Waals surface area contributed by atoms with Crippen molar-refractivity contribution in [2.45, 2.75) is 35.1 Å². The zero-order valence-electron chi connectivity index (χ0n) is 14.0. The second-order valence-corrected chi connectivity index (χ2v) is 8.87. The van der Waals surface area contributed by atoms with E-state index in [1.54, 1.807) is 37.4 Å². The summed E-state index contributed by atoms with van der Waals surface area (Å²) in [5.74, 6) is -0.199. The number of rotatable bonds is 2. The predicted molar refractivity (Wildman–Crippen MR) is 93.0 cm³/mol. The van der Waals surface area contributed by atoms with Gasteiger partial charge in [-0.3, -0.25) is 4.79 Å². The van der Waals surface area contributed by atoms with Gasteiger partial charge in [0, 0.05) is 19.4 Å². The van der Waals surface area contributed by atoms with Gasteiger partial charge in [0.15, 0.2) is 20.8 Å². The predicted octanol–water partition coefficient (Wildman–Crippen LogP) is 2.58. The van der Waals surface area contributed by atoms with Crippen molar-refractivity contribution < 1.29 is 17.9 Å². The van der Waals surface area contributed by atoms with E-state index >= 15 is 0 Å². The molecule has 0 saturated carbocycles. The summed E-state index contributed by atoms with van der Waals surface area (Å²) in [6.45, 7) is 1.83. The molecule has 1 saturated heterocycles. The van der Waals surface area contributed by atoms with Crippen LogP contribution in [0.15, 0.2) is 59.5 Å². The van der Waals surface area contributed by atoms with Gasteiger partial charge in [-0.2, -0.15) is 0 Å². The molecule has 2 aliphatic rings. The minimum atomic E-state index is -3.81. The van der Waals surface area contributed by atoms with Crippen LogP contribution in [0, 0.1) is 0 Å². The first-order chi connectivity index (χ1) is 11.8. The molecule has 5 nitrogen and oxygen atoms in total. The molecule has 2 bridgehead atoms. The number of carbonyl (C=O) groups excluding carboxylic acids is 1. The quantitative estimate of drug-likeness (QED) is 0.829. The van der Waals surface area contributed by atoms with Crippen LogP contribution in [0.1, 0.15) is 24.8 Å². The van der Waals surface area contributed by atoms with Gasteiger partial charge in [-0.15, -0.1) is 0 Å². The van der Waals surface area contributed by atoms with Gasteiger partial charge >= 0.3 is 0 Å². The topological polar surface area (TPSA) is 63.7 Å². The van der Waals surface area contributed by atoms with E-state index in [0.717, 1.165) is 5.56 Å². The van der Waals surface area contributed by atoms with Crippen molar-refractivity contribution in [1.82, 2.24) is 4.90 Å². The minimum Gasteiger partial charge on any atom is -0.468 e. The smallest absolute Gasteiger partial charge is 0.244 e. The van der Waals surface area contributed by atoms with Crippen molar-refractivity contribution >= 4 is 15.7 Å². The maximum absolute atomic E-state index is 13.3. The molecule has 1 fully saturated rings. The molecule has 3 atom stereocenters. The molecule has 2 aromatic rings. The lowest BCUT2D eigenvalue weighted by Gasteiger charge is -2.51. The molecule has 3 unspecified atom stereocenters. The van der Waals surface area contributed by atoms with E-state index in [4.69, 9.17) is 4.74 Å². The number of ether oxygens (including phenoxy) is 1. The highest BCUT2D eigenvalue weighted by molar-refractivity contribution is 7.92. The number of sulfone groups is 1. The molecule has 2 aromatic carbocycles. The van der Waals surface area contributed by atoms with E-state index in [0.29, 0.717) is 12.2 Å². The second kappa shape index (κ2) is 5.33. The lowest BCUT2D eigenvalue weighted by Crippen LogP contribution is -2.64. The van der Waals surface area contributed by atoms with E-state index in [9.17, 15) is 13.2 Å². The number of amides is 1. The van der Waals surface area contributed by atoms with Crippen molar-refractivity contribution in [1.29, 1.82) is 0 Å². The summed E-state index contributed by atoms with van der Waals surface area (Å²) in [5.41, 5.74) is -0.0512. The van der Waals surface area contributed by atoms with E-state index in [-0.39, 0.29) is 4.90 Å². The molecule has 0 radical (unpaired) electrons. The van der Waals surface area contributed by atoms with Gasteiger partial charge in [0.05, 0.1) is 4.90 Å². The third-order valence-corrected chi connectivity index (χ3v) is 7.43. The van der Waals surface area contributed by atoms with Crippen LogP contribution in [0.5, 0.6) is 5.75 Å². The van der Waals surface area contributed by atoms with Crippen molar-refractivity contribution in [2.75, 3.05) is 7.05 Å². The third-order valence-electron chi connectivity index (χ3n) is 5.30. The largest absolute Gasteiger partial charge is 0.468 e. The lowest BCUT2D eigenvalue weighted by molar-refractivity contribution is -0.159. The Bertz CT molecular complexity index is 941. The van der Waals surface area contributed by atoms with Crippen molar-refractivity contribution in [2.24, 2.45) is 0 Å². The molecular weight excluding hydrogens is 338 g/mol. The Kier molecular flexibility index (Phi) is 3.44. The van der Waals surface area contributed by atoms with Gasteiger partial charge in [-0.1, -0.05) is 36.4 Å². The van der Waals surface area contributed by atoms with Gasteiger partial charge < -0.3 is 9.64 Å². The van der Waals surface area contributed by atoms with E-state index < -0.39 is 32.6 Å². The maximum Gasteiger partial charge on any atom is 0.244 e. The average Bonchev–Trinajstić information content (AvgIpc) is 2.60. The summed E-state index contributed by atoms with van der Waals surface area (Å²) in [4.78, 5) is 14.7. The zero-order valence-corrected chi connectivity index (χ0v) is 14.9. The summed E-state index contributed by atoms with van der Waals surface area (Å²) in [5, 5.41) is -1.14. The van der Waals surface area contributed by atoms with E-state index in [2.05, 4.69) is 0 Å². The van der Waals surface area contributed by atoms with Gasteiger partial charge in [0.25, 0.3) is 0 Å². The highest BCUT2D eigenvalue weighted by atomic mass is 32.2. The summed E-state index contributed by atoms with van der Waals surface area (Å²) in [7, 11) is -2.20. The number of para-hydroxylation sites is 1. The van der Waals surface area contributed by atoms with Crippen LogP contribution < -0.4 is 4.74 Å². The SMILES string of the molecule is CN1C(=O)C(S(=O)(=O)c2ccccc2)C2CC1(C)Oc1ccccc12. The van der Waals surface area contributed by atoms with Crippen LogP contribution in [-0.4, -0.2) is 37.2 Å². The Balaban J connectivity index is 1.91. The second-order valence-electron chi connectivity index (χ2n) is 6.80. The van der Waals surface area contributed by atoms with Crippen molar-refractivity contribution in [3.05, 3.63) is 60.2 Å². The highest BCUT2D eigenvalue weighted by Crippen LogP contribution is 2.49. The molecule has 2 aliphatic heterocycles. The Labute approximate surface area is 147 Å². The normalized spacial score (nSPS) is 28.2. The first-order valence-electron chi connectivity index (χ1n) is 8.19. The standard InChI is InChI=1S/C19H19NO4S/c1-19-12-15(14-10-6-7-11-16(14)24-19)17(18(21)20(19)2)25(22,23)13-8-4-3-5-9-13/h3-11,15,17H,12H2,1-2H3. The molecule has 25 heavy (non-hydrogen) atoms. The number of benzene rings is 2. The Morgan fingerprint density at radius 1 is 1.08 bits per heavy atom. The summed E-state index contributed by atoms with van der Waals surface area (Å²) < 4.78 is 32.6. The lowest BCUT2D eigenvalue weighted by atomic mass is 9.80. The number of piperidine rings is 1. The monoisotopic (exact) mass is 357 g/mol. The summed E-state index contributed by atoms with van der Waals surface area (Å²) in [6, 6.07) is 15.6. The summed E-state index contributed by atoms with van der Waals surface area (Å²) >= 11 is 0. The van der Waals surface area contributed by atoms with Crippen LogP contribution in [0.25, 0.3) is 0 Å². The maximum atomic E-state index is 13.3. The molecule has 6 heteroatoms. The van der Waals surface area contributed by atoms with Gasteiger partial charge in [-0.25, -0.2) is 8.42 Å². The minimum absolute atomic E-state index is 0.175. The van der Waals surface area contributed by atoms with E-state index in [1.165, 1.54) is 4.90 Å². The van der Waals surface area contributed by atoms with Crippen LogP contribution in [-0.2, 0) is 14.6 Å². The highest BCUT2D eigenvalue weighted by Gasteiger charge is 2.56. The van der Waals surface area contributed by atoms with Gasteiger partial charge in [-0.05, 0) is 30.7 Å². The van der Waals surface area contributed by atoms with Gasteiger partial charge in [0.2, 0.25) is 5.91 Å². The molecule has 1 amide bonds. The van der Waals surface area contributed by atoms with Gasteiger partial charge in [0.1, 0.15) is 5.75 Å². The number of likely N-dealkylation sites (tertiary alicyclic amines) is 1. The van der Waals surface area contributed by atoms with Crippen LogP contribution >= 0.6 is 0 Å². The molecule has 0 aromatic heterocycles. The first-order valence-corrected chi connectivity index (χ1v) is 9.74. The van der Waals surface area contributed by atoms with Crippen molar-refractivity contribution in [3.8, 4) is 5.75 Å². The van der Waals surface area contributed by atoms with Crippen molar-refractivity contribution in [3.63, 3.8) is 0 Å². The Morgan fingerprint density at radius 3 is 2.44 bits per heavy atom. The third kappa shape index (κ3) is 2.28. The van der Waals surface area contributed by atoms with Crippen LogP contribution in [0.2, 0.25) is 0 Å². The van der Waals surface area contributed by atoms with E-state index in [1.807, 2.05) is 31.2 Å². The van der Waals surface area contributed by atoms with Crippen LogP contribution in [0.3, 0.4) is 0 Å². The Hall–Kier alpha value is -2.34. The first kappa shape index (κ1) is 16.1. The fraction of sp³-hybridized carbons (Fsp3) is 0.316. The molecular formula is C19H19NO4S. The molecule has 0 spiro atoms. The fourth-order valence-electron chi connectivity index (χ4n) is 3.85.